The van der Waals surface area contributed by atoms with Crippen LogP contribution in [0.5, 0.6) is 11.5 Å². The van der Waals surface area contributed by atoms with Crippen molar-refractivity contribution in [2.75, 3.05) is 0 Å². The minimum Gasteiger partial charge on any atom is -0.508 e. The zero-order valence-electron chi connectivity index (χ0n) is 9.76. The Hall–Kier alpha value is -2.42. The molecule has 0 bridgehead atoms. The molecule has 0 aliphatic carbocycles. The van der Waals surface area contributed by atoms with Crippen molar-refractivity contribution < 1.29 is 9.84 Å². The van der Waals surface area contributed by atoms with E-state index in [2.05, 4.69) is 4.98 Å². The summed E-state index contributed by atoms with van der Waals surface area (Å²) in [6, 6.07) is 16.9. The Balaban J connectivity index is 1.79. The Morgan fingerprint density at radius 2 is 1.83 bits per heavy atom. The van der Waals surface area contributed by atoms with Gasteiger partial charge in [-0.15, -0.1) is 0 Å². The third-order valence-corrected chi connectivity index (χ3v) is 2.80. The van der Waals surface area contributed by atoms with Gasteiger partial charge in [-0.2, -0.15) is 0 Å². The highest BCUT2D eigenvalue weighted by molar-refractivity contribution is 5.81. The second-order valence-electron chi connectivity index (χ2n) is 4.17. The van der Waals surface area contributed by atoms with Crippen molar-refractivity contribution in [1.82, 2.24) is 4.98 Å². The topological polar surface area (TPSA) is 45.2 Å². The molecule has 0 amide bonds. The molecule has 18 heavy (non-hydrogen) atoms. The van der Waals surface area contributed by atoms with Crippen molar-refractivity contribution in [3.8, 4) is 11.5 Å². The van der Waals surface area contributed by atoms with Crippen molar-refractivity contribution in [1.29, 1.82) is 0 Å². The first-order valence-corrected chi connectivity index (χ1v) is 5.80. The van der Waals surface area contributed by atoms with Crippen LogP contribution in [0.3, 0.4) is 0 Å². The second-order valence-corrected chi connectivity index (χ2v) is 4.17. The fraction of sp³-hybridized carbons (Fsp3) is 0.0667. The molecule has 0 spiro atoms. The molecule has 3 nitrogen and oxygen atoms in total. The van der Waals surface area contributed by atoms with E-state index in [1.165, 1.54) is 0 Å². The van der Waals surface area contributed by atoms with Gasteiger partial charge in [-0.3, -0.25) is 0 Å². The summed E-state index contributed by atoms with van der Waals surface area (Å²) >= 11 is 0. The molecule has 0 radical (unpaired) electrons. The monoisotopic (exact) mass is 239 g/mol. The molecule has 1 aromatic heterocycles. The predicted octanol–water partition coefficient (Wildman–Crippen LogP) is 3.45. The van der Waals surface area contributed by atoms with Crippen LogP contribution in [0, 0.1) is 0 Å². The number of benzene rings is 2. The number of para-hydroxylation sites is 1. The lowest BCUT2D eigenvalue weighted by Gasteiger charge is -2.03. The third-order valence-electron chi connectivity index (χ3n) is 2.80. The second kappa shape index (κ2) is 4.45. The quantitative estimate of drug-likeness (QED) is 0.735. The van der Waals surface area contributed by atoms with Crippen LogP contribution in [0.1, 0.15) is 5.69 Å². The number of phenolic OH excluding ortho intramolecular Hbond substituents is 1. The number of hydrogen-bond acceptors (Lipinski definition) is 2. The highest BCUT2D eigenvalue weighted by atomic mass is 16.5. The average Bonchev–Trinajstić information content (AvgIpc) is 2.79. The summed E-state index contributed by atoms with van der Waals surface area (Å²) in [5, 5.41) is 10.4. The Morgan fingerprint density at radius 3 is 2.67 bits per heavy atom. The average molecular weight is 239 g/mol. The van der Waals surface area contributed by atoms with Crippen LogP contribution in [0.15, 0.2) is 54.6 Å². The lowest BCUT2D eigenvalue weighted by molar-refractivity contribution is 0.302. The number of ether oxygens (including phenoxy) is 1. The van der Waals surface area contributed by atoms with Gasteiger partial charge in [0, 0.05) is 10.9 Å². The fourth-order valence-electron chi connectivity index (χ4n) is 1.94. The van der Waals surface area contributed by atoms with Gasteiger partial charge in [0.15, 0.2) is 0 Å². The minimum absolute atomic E-state index is 0.275. The Morgan fingerprint density at radius 1 is 1.00 bits per heavy atom. The normalized spacial score (nSPS) is 10.7. The van der Waals surface area contributed by atoms with Crippen molar-refractivity contribution in [3.63, 3.8) is 0 Å². The van der Waals surface area contributed by atoms with Crippen molar-refractivity contribution in [2.24, 2.45) is 0 Å². The van der Waals surface area contributed by atoms with Crippen molar-refractivity contribution >= 4 is 10.9 Å². The Bertz CT molecular complexity index is 659. The minimum atomic E-state index is 0.275. The van der Waals surface area contributed by atoms with Gasteiger partial charge in [0.25, 0.3) is 0 Å². The SMILES string of the molecule is Oc1ccc2[nH]c(COc3ccccc3)cc2c1. The van der Waals surface area contributed by atoms with Gasteiger partial charge in [-0.05, 0) is 36.4 Å². The molecule has 0 atom stereocenters. The smallest absolute Gasteiger partial charge is 0.128 e. The van der Waals surface area contributed by atoms with Crippen LogP contribution in [0.2, 0.25) is 0 Å². The van der Waals surface area contributed by atoms with Crippen molar-refractivity contribution in [3.05, 3.63) is 60.3 Å². The van der Waals surface area contributed by atoms with Gasteiger partial charge in [-0.1, -0.05) is 18.2 Å². The molecule has 0 saturated carbocycles. The van der Waals surface area contributed by atoms with Crippen LogP contribution >= 0.6 is 0 Å². The molecule has 0 saturated heterocycles. The zero-order chi connectivity index (χ0) is 12.4. The maximum atomic E-state index is 9.40. The van der Waals surface area contributed by atoms with Gasteiger partial charge in [0.2, 0.25) is 0 Å². The molecular weight excluding hydrogens is 226 g/mol. The first kappa shape index (κ1) is 10.7. The number of rotatable bonds is 3. The van der Waals surface area contributed by atoms with E-state index in [0.717, 1.165) is 22.3 Å². The summed E-state index contributed by atoms with van der Waals surface area (Å²) in [7, 11) is 0. The summed E-state index contributed by atoms with van der Waals surface area (Å²) in [6.45, 7) is 0.486. The lowest BCUT2D eigenvalue weighted by Crippen LogP contribution is -1.94. The number of hydrogen-bond donors (Lipinski definition) is 2. The third kappa shape index (κ3) is 2.15. The number of nitrogens with one attached hydrogen (secondary N) is 1. The van der Waals surface area contributed by atoms with Crippen LogP contribution in [0.25, 0.3) is 10.9 Å². The van der Waals surface area contributed by atoms with E-state index >= 15 is 0 Å². The predicted molar refractivity (Wildman–Crippen MR) is 70.7 cm³/mol. The van der Waals surface area contributed by atoms with Crippen LogP contribution in [-0.4, -0.2) is 10.1 Å². The van der Waals surface area contributed by atoms with E-state index in [4.69, 9.17) is 4.74 Å². The summed E-state index contributed by atoms with van der Waals surface area (Å²) in [4.78, 5) is 3.26. The fourth-order valence-corrected chi connectivity index (χ4v) is 1.94. The number of aromatic nitrogens is 1. The molecule has 90 valence electrons. The number of phenols is 1. The van der Waals surface area contributed by atoms with E-state index in [1.54, 1.807) is 12.1 Å². The van der Waals surface area contributed by atoms with Gasteiger partial charge in [0.1, 0.15) is 18.1 Å². The molecule has 3 heteroatoms. The number of aromatic amines is 1. The summed E-state index contributed by atoms with van der Waals surface area (Å²) in [5.74, 6) is 1.12. The molecule has 3 aromatic rings. The number of H-pyrrole nitrogens is 1. The first-order chi connectivity index (χ1) is 8.81. The van der Waals surface area contributed by atoms with Gasteiger partial charge in [0.05, 0.1) is 5.69 Å². The summed E-state index contributed by atoms with van der Waals surface area (Å²) in [6.07, 6.45) is 0. The maximum absolute atomic E-state index is 9.40. The first-order valence-electron chi connectivity index (χ1n) is 5.80. The number of fused-ring (bicyclic) bond motifs is 1. The maximum Gasteiger partial charge on any atom is 0.128 e. The Kier molecular flexibility index (Phi) is 2.65. The summed E-state index contributed by atoms with van der Waals surface area (Å²) < 4.78 is 5.66. The molecule has 3 rings (SSSR count). The van der Waals surface area contributed by atoms with Gasteiger partial charge in [-0.25, -0.2) is 0 Å². The van der Waals surface area contributed by atoms with E-state index in [1.807, 2.05) is 42.5 Å². The largest absolute Gasteiger partial charge is 0.508 e. The Labute approximate surface area is 105 Å². The zero-order valence-corrected chi connectivity index (χ0v) is 9.76. The van der Waals surface area contributed by atoms with Crippen LogP contribution < -0.4 is 4.74 Å². The van der Waals surface area contributed by atoms with E-state index in [0.29, 0.717) is 6.61 Å². The van der Waals surface area contributed by atoms with E-state index < -0.39 is 0 Å². The lowest BCUT2D eigenvalue weighted by atomic mass is 10.2. The van der Waals surface area contributed by atoms with Gasteiger partial charge >= 0.3 is 0 Å². The number of aromatic hydroxyl groups is 1. The standard InChI is InChI=1S/C15H13NO2/c17-13-6-7-15-11(9-13)8-12(16-15)10-18-14-4-2-1-3-5-14/h1-9,16-17H,10H2. The highest BCUT2D eigenvalue weighted by Gasteiger charge is 2.02. The molecule has 0 unspecified atom stereocenters. The van der Waals surface area contributed by atoms with E-state index in [9.17, 15) is 5.11 Å². The summed E-state index contributed by atoms with van der Waals surface area (Å²) in [5.41, 5.74) is 1.99. The van der Waals surface area contributed by atoms with Crippen LogP contribution in [-0.2, 0) is 6.61 Å². The van der Waals surface area contributed by atoms with Crippen molar-refractivity contribution in [2.45, 2.75) is 6.61 Å². The molecule has 1 heterocycles. The molecular formula is C15H13NO2. The van der Waals surface area contributed by atoms with Crippen LogP contribution in [0.4, 0.5) is 0 Å². The molecule has 0 fully saturated rings. The molecule has 0 aliphatic rings. The highest BCUT2D eigenvalue weighted by Crippen LogP contribution is 2.21. The van der Waals surface area contributed by atoms with Gasteiger partial charge < -0.3 is 14.8 Å². The van der Waals surface area contributed by atoms with E-state index in [-0.39, 0.29) is 5.75 Å². The molecule has 2 N–H and O–H groups in total. The molecule has 0 aliphatic heterocycles. The molecule has 2 aromatic carbocycles.